The molecule has 1 heterocycles. The lowest BCUT2D eigenvalue weighted by atomic mass is 9.89. The predicted octanol–water partition coefficient (Wildman–Crippen LogP) is 16.4. The van der Waals surface area contributed by atoms with Crippen molar-refractivity contribution in [3.05, 3.63) is 249 Å². The molecule has 64 heavy (non-hydrogen) atoms. The molecule has 0 spiro atoms. The molecule has 0 saturated carbocycles. The minimum atomic E-state index is 0.495. The second-order valence-electron chi connectivity index (χ2n) is 15.9. The molecule has 0 fully saturated rings. The fourth-order valence-corrected chi connectivity index (χ4v) is 8.61. The van der Waals surface area contributed by atoms with E-state index in [9.17, 15) is 0 Å². The van der Waals surface area contributed by atoms with Gasteiger partial charge in [0.05, 0.1) is 0 Å². The van der Waals surface area contributed by atoms with E-state index in [1.54, 1.807) is 0 Å². The predicted molar refractivity (Wildman–Crippen MR) is 265 cm³/mol. The molecule has 0 saturated heterocycles. The lowest BCUT2D eigenvalue weighted by Crippen LogP contribution is -2.09. The second-order valence-corrected chi connectivity index (χ2v) is 15.9. The first-order chi connectivity index (χ1) is 31.7. The number of rotatable bonds is 10. The van der Waals surface area contributed by atoms with E-state index >= 15 is 0 Å². The monoisotopic (exact) mass is 819 g/mol. The van der Waals surface area contributed by atoms with Crippen LogP contribution in [0.5, 0.6) is 0 Å². The van der Waals surface area contributed by atoms with Gasteiger partial charge >= 0.3 is 0 Å². The Morgan fingerprint density at radius 2 is 0.609 bits per heavy atom. The zero-order chi connectivity index (χ0) is 42.7. The molecule has 0 atom stereocenters. The first-order valence-corrected chi connectivity index (χ1v) is 21.6. The van der Waals surface area contributed by atoms with Crippen LogP contribution in [0.25, 0.3) is 89.3 Å². The number of anilines is 3. The molecule has 0 bridgehead atoms. The molecule has 4 nitrogen and oxygen atoms in total. The molecule has 302 valence electrons. The van der Waals surface area contributed by atoms with Crippen molar-refractivity contribution in [2.24, 2.45) is 0 Å². The Balaban J connectivity index is 0.862. The van der Waals surface area contributed by atoms with Gasteiger partial charge in [0.1, 0.15) is 0 Å². The molecular weight excluding hydrogens is 779 g/mol. The van der Waals surface area contributed by atoms with Crippen LogP contribution in [0.2, 0.25) is 0 Å². The summed E-state index contributed by atoms with van der Waals surface area (Å²) >= 11 is 0. The number of benzene rings is 10. The van der Waals surface area contributed by atoms with Crippen LogP contribution in [0.15, 0.2) is 253 Å². The fourth-order valence-electron chi connectivity index (χ4n) is 8.61. The largest absolute Gasteiger partial charge is 0.416 e. The van der Waals surface area contributed by atoms with Gasteiger partial charge in [-0.15, -0.1) is 10.2 Å². The van der Waals surface area contributed by atoms with Crippen LogP contribution in [0.3, 0.4) is 0 Å². The summed E-state index contributed by atoms with van der Waals surface area (Å²) in [5.41, 5.74) is 16.7. The van der Waals surface area contributed by atoms with E-state index in [0.717, 1.165) is 50.4 Å². The summed E-state index contributed by atoms with van der Waals surface area (Å²) in [5, 5.41) is 11.1. The number of hydrogen-bond donors (Lipinski definition) is 0. The van der Waals surface area contributed by atoms with E-state index in [0.29, 0.717) is 11.8 Å². The maximum atomic E-state index is 6.05. The van der Waals surface area contributed by atoms with Gasteiger partial charge in [-0.1, -0.05) is 182 Å². The number of para-hydroxylation sites is 1. The van der Waals surface area contributed by atoms with Gasteiger partial charge in [-0.05, 0) is 133 Å². The highest BCUT2D eigenvalue weighted by Crippen LogP contribution is 2.41. The molecule has 11 rings (SSSR count). The van der Waals surface area contributed by atoms with Gasteiger partial charge in [0.15, 0.2) is 0 Å². The Morgan fingerprint density at radius 3 is 1.17 bits per heavy atom. The third kappa shape index (κ3) is 7.65. The van der Waals surface area contributed by atoms with Crippen molar-refractivity contribution in [2.75, 3.05) is 4.90 Å². The lowest BCUT2D eigenvalue weighted by Gasteiger charge is -2.26. The summed E-state index contributed by atoms with van der Waals surface area (Å²) in [7, 11) is 0. The zero-order valence-electron chi connectivity index (χ0n) is 34.9. The van der Waals surface area contributed by atoms with E-state index in [4.69, 9.17) is 4.42 Å². The SMILES string of the molecule is c1ccc(-c2nnc(-c3ccc(-c4ccccc4-c4ccccc4-c4ccc(N(c5ccccc5)c5ccc(-c6ccc(-c7ccc8ccccc8c7)cc6)cc5)cc4)cc3)o2)cc1. The summed E-state index contributed by atoms with van der Waals surface area (Å²) in [6.45, 7) is 0. The zero-order valence-corrected chi connectivity index (χ0v) is 34.9. The third-order valence-corrected chi connectivity index (χ3v) is 11.9. The average molecular weight is 820 g/mol. The van der Waals surface area contributed by atoms with Crippen molar-refractivity contribution in [1.82, 2.24) is 10.2 Å². The molecule has 0 amide bonds. The van der Waals surface area contributed by atoms with Gasteiger partial charge in [-0.25, -0.2) is 0 Å². The van der Waals surface area contributed by atoms with Gasteiger partial charge in [0.25, 0.3) is 0 Å². The number of aromatic nitrogens is 2. The summed E-state index contributed by atoms with van der Waals surface area (Å²) in [4.78, 5) is 2.32. The van der Waals surface area contributed by atoms with Gasteiger partial charge in [-0.2, -0.15) is 0 Å². The van der Waals surface area contributed by atoms with Crippen LogP contribution in [-0.2, 0) is 0 Å². The van der Waals surface area contributed by atoms with Crippen LogP contribution in [0.1, 0.15) is 0 Å². The highest BCUT2D eigenvalue weighted by Gasteiger charge is 2.17. The Kier molecular flexibility index (Phi) is 10.2. The molecule has 11 aromatic rings. The van der Waals surface area contributed by atoms with E-state index in [1.807, 2.05) is 30.3 Å². The van der Waals surface area contributed by atoms with Crippen molar-refractivity contribution in [2.45, 2.75) is 0 Å². The first kappa shape index (κ1) is 38.3. The minimum absolute atomic E-state index is 0.495. The normalized spacial score (nSPS) is 11.1. The Labute approximate surface area is 373 Å². The summed E-state index contributed by atoms with van der Waals surface area (Å²) in [6.07, 6.45) is 0. The Hall–Kier alpha value is -8.60. The van der Waals surface area contributed by atoms with Crippen LogP contribution >= 0.6 is 0 Å². The standard InChI is InChI=1S/C60H41N3O/c1-3-14-48(15-4-1)59-61-62-60(64-59)49-30-28-46(29-31-49)55-19-9-11-21-57(55)58-22-12-10-20-56(58)47-35-39-54(40-36-47)63(52-17-5-2-6-18-52)53-37-33-44(34-38-53)43-23-25-45(26-24-43)51-32-27-42-13-7-8-16-50(42)41-51/h1-41H. The molecule has 0 radical (unpaired) electrons. The van der Waals surface area contributed by atoms with Crippen molar-refractivity contribution in [1.29, 1.82) is 0 Å². The number of hydrogen-bond acceptors (Lipinski definition) is 4. The summed E-state index contributed by atoms with van der Waals surface area (Å²) < 4.78 is 6.05. The maximum absolute atomic E-state index is 6.05. The third-order valence-electron chi connectivity index (χ3n) is 11.9. The molecule has 0 aliphatic heterocycles. The molecule has 0 aliphatic rings. The molecule has 0 unspecified atom stereocenters. The van der Waals surface area contributed by atoms with Gasteiger partial charge in [0, 0.05) is 28.2 Å². The summed E-state index contributed by atoms with van der Waals surface area (Å²) in [5.74, 6) is 1.00. The molecule has 0 N–H and O–H groups in total. The van der Waals surface area contributed by atoms with Crippen molar-refractivity contribution in [3.63, 3.8) is 0 Å². The van der Waals surface area contributed by atoms with E-state index in [2.05, 4.69) is 233 Å². The minimum Gasteiger partial charge on any atom is -0.416 e. The Morgan fingerprint density at radius 1 is 0.250 bits per heavy atom. The van der Waals surface area contributed by atoms with E-state index < -0.39 is 0 Å². The van der Waals surface area contributed by atoms with Crippen molar-refractivity contribution < 1.29 is 4.42 Å². The number of nitrogens with zero attached hydrogens (tertiary/aromatic N) is 3. The van der Waals surface area contributed by atoms with Gasteiger partial charge in [-0.3, -0.25) is 0 Å². The van der Waals surface area contributed by atoms with Gasteiger partial charge < -0.3 is 9.32 Å². The maximum Gasteiger partial charge on any atom is 0.248 e. The molecular formula is C60H41N3O. The molecule has 1 aromatic heterocycles. The quantitative estimate of drug-likeness (QED) is 0.138. The van der Waals surface area contributed by atoms with Gasteiger partial charge in [0.2, 0.25) is 11.8 Å². The van der Waals surface area contributed by atoms with Crippen molar-refractivity contribution >= 4 is 27.8 Å². The highest BCUT2D eigenvalue weighted by molar-refractivity contribution is 5.93. The molecule has 10 aromatic carbocycles. The van der Waals surface area contributed by atoms with Crippen molar-refractivity contribution in [3.8, 4) is 78.5 Å². The van der Waals surface area contributed by atoms with Crippen LogP contribution < -0.4 is 4.90 Å². The van der Waals surface area contributed by atoms with Crippen LogP contribution in [0, 0.1) is 0 Å². The molecule has 0 aliphatic carbocycles. The summed E-state index contributed by atoms with van der Waals surface area (Å²) in [6, 6.07) is 87.9. The lowest BCUT2D eigenvalue weighted by molar-refractivity contribution is 0.584. The van der Waals surface area contributed by atoms with Crippen LogP contribution in [0.4, 0.5) is 17.1 Å². The van der Waals surface area contributed by atoms with E-state index in [-0.39, 0.29) is 0 Å². The highest BCUT2D eigenvalue weighted by atomic mass is 16.4. The number of fused-ring (bicyclic) bond motifs is 1. The first-order valence-electron chi connectivity index (χ1n) is 21.6. The van der Waals surface area contributed by atoms with E-state index in [1.165, 1.54) is 44.2 Å². The second kappa shape index (κ2) is 17.0. The fraction of sp³-hybridized carbons (Fsp3) is 0. The van der Waals surface area contributed by atoms with Crippen LogP contribution in [-0.4, -0.2) is 10.2 Å². The topological polar surface area (TPSA) is 42.2 Å². The smallest absolute Gasteiger partial charge is 0.248 e. The average Bonchev–Trinajstić information content (AvgIpc) is 3.88. The molecule has 4 heteroatoms. The Bertz CT molecular complexity index is 3340.